The molecular weight excluding hydrogens is 238 g/mol. The number of thioether (sulfide) groups is 1. The fraction of sp³-hybridized carbons (Fsp3) is 0.455. The van der Waals surface area contributed by atoms with Crippen LogP contribution in [0.15, 0.2) is 23.1 Å². The molecule has 0 aromatic carbocycles. The van der Waals surface area contributed by atoms with Crippen LogP contribution in [0.1, 0.15) is 6.42 Å². The van der Waals surface area contributed by atoms with Crippen molar-refractivity contribution in [2.75, 3.05) is 17.3 Å². The van der Waals surface area contributed by atoms with Crippen LogP contribution >= 0.6 is 11.8 Å². The summed E-state index contributed by atoms with van der Waals surface area (Å²) in [7, 11) is 1.63. The number of anilines is 1. The molecule has 0 spiro atoms. The molecule has 1 atom stereocenters. The normalized spacial score (nSPS) is 12.2. The molecule has 0 saturated heterocycles. The molecule has 0 aliphatic rings. The Bertz CT molecular complexity index is 445. The largest absolute Gasteiger partial charge is 0.323 e. The molecule has 0 saturated carbocycles. The Morgan fingerprint density at radius 2 is 2.29 bits per heavy atom. The molecule has 1 aromatic heterocycles. The fourth-order valence-electron chi connectivity index (χ4n) is 1.28. The molecule has 0 aliphatic carbocycles. The van der Waals surface area contributed by atoms with Crippen LogP contribution in [0.5, 0.6) is 0 Å². The van der Waals surface area contributed by atoms with E-state index < -0.39 is 6.04 Å². The summed E-state index contributed by atoms with van der Waals surface area (Å²) < 4.78 is 1.41. The van der Waals surface area contributed by atoms with E-state index in [4.69, 9.17) is 5.73 Å². The van der Waals surface area contributed by atoms with Crippen LogP contribution in [-0.4, -0.2) is 28.5 Å². The van der Waals surface area contributed by atoms with Crippen molar-refractivity contribution in [1.29, 1.82) is 0 Å². The SMILES string of the molecule is CSCC[C@@H](N)C(=O)Nc1ccc(=O)n(C)c1. The van der Waals surface area contributed by atoms with Gasteiger partial charge in [-0.05, 0) is 24.5 Å². The van der Waals surface area contributed by atoms with Crippen LogP contribution in [0.2, 0.25) is 0 Å². The second-order valence-electron chi connectivity index (χ2n) is 3.74. The molecule has 1 amide bonds. The van der Waals surface area contributed by atoms with Crippen LogP contribution < -0.4 is 16.6 Å². The van der Waals surface area contributed by atoms with Crippen LogP contribution in [0, 0.1) is 0 Å². The molecule has 1 aromatic rings. The molecule has 0 unspecified atom stereocenters. The van der Waals surface area contributed by atoms with Gasteiger partial charge in [-0.1, -0.05) is 0 Å². The summed E-state index contributed by atoms with van der Waals surface area (Å²) in [6.45, 7) is 0. The minimum Gasteiger partial charge on any atom is -0.323 e. The minimum absolute atomic E-state index is 0.116. The van der Waals surface area contributed by atoms with Crippen LogP contribution in [0.4, 0.5) is 5.69 Å². The molecule has 17 heavy (non-hydrogen) atoms. The minimum atomic E-state index is -0.514. The van der Waals surface area contributed by atoms with Crippen molar-refractivity contribution < 1.29 is 4.79 Å². The third kappa shape index (κ3) is 4.24. The van der Waals surface area contributed by atoms with Gasteiger partial charge >= 0.3 is 0 Å². The predicted molar refractivity (Wildman–Crippen MR) is 71.3 cm³/mol. The molecule has 6 heteroatoms. The Balaban J connectivity index is 2.61. The van der Waals surface area contributed by atoms with Gasteiger partial charge in [0.15, 0.2) is 0 Å². The standard InChI is InChI=1S/C11H17N3O2S/c1-14-7-8(3-4-10(14)15)13-11(16)9(12)5-6-17-2/h3-4,7,9H,5-6,12H2,1-2H3,(H,13,16)/t9-/m1/s1. The van der Waals surface area contributed by atoms with Crippen molar-refractivity contribution in [3.05, 3.63) is 28.7 Å². The van der Waals surface area contributed by atoms with Crippen LogP contribution in [0.25, 0.3) is 0 Å². The van der Waals surface area contributed by atoms with E-state index in [0.29, 0.717) is 12.1 Å². The van der Waals surface area contributed by atoms with E-state index >= 15 is 0 Å². The molecule has 94 valence electrons. The summed E-state index contributed by atoms with van der Waals surface area (Å²) in [5, 5.41) is 2.69. The first kappa shape index (κ1) is 13.8. The highest BCUT2D eigenvalue weighted by atomic mass is 32.2. The first-order valence-corrected chi connectivity index (χ1v) is 6.66. The number of aryl methyl sites for hydroxylation is 1. The van der Waals surface area contributed by atoms with Gasteiger partial charge in [0.05, 0.1) is 11.7 Å². The maximum atomic E-state index is 11.7. The zero-order valence-corrected chi connectivity index (χ0v) is 10.8. The number of nitrogens with two attached hydrogens (primary N) is 1. The van der Waals surface area contributed by atoms with Crippen molar-refractivity contribution in [3.8, 4) is 0 Å². The number of hydrogen-bond donors (Lipinski definition) is 2. The average molecular weight is 255 g/mol. The number of nitrogens with one attached hydrogen (secondary N) is 1. The number of pyridine rings is 1. The Labute approximate surface area is 104 Å². The molecule has 1 rings (SSSR count). The quantitative estimate of drug-likeness (QED) is 0.798. The second kappa shape index (κ2) is 6.46. The van der Waals surface area contributed by atoms with Crippen molar-refractivity contribution in [3.63, 3.8) is 0 Å². The van der Waals surface area contributed by atoms with Crippen molar-refractivity contribution in [2.45, 2.75) is 12.5 Å². The van der Waals surface area contributed by atoms with E-state index in [0.717, 1.165) is 5.75 Å². The predicted octanol–water partition coefficient (Wildman–Crippen LogP) is 0.404. The van der Waals surface area contributed by atoms with Gasteiger partial charge in [0.25, 0.3) is 0 Å². The van der Waals surface area contributed by atoms with Gasteiger partial charge in [0.1, 0.15) is 0 Å². The molecule has 0 fully saturated rings. The Morgan fingerprint density at radius 1 is 1.59 bits per heavy atom. The number of amides is 1. The lowest BCUT2D eigenvalue weighted by Crippen LogP contribution is -2.36. The molecule has 0 radical (unpaired) electrons. The molecule has 3 N–H and O–H groups in total. The molecule has 5 nitrogen and oxygen atoms in total. The number of aromatic nitrogens is 1. The summed E-state index contributed by atoms with van der Waals surface area (Å²) in [6, 6.07) is 2.46. The lowest BCUT2D eigenvalue weighted by molar-refractivity contribution is -0.117. The van der Waals surface area contributed by atoms with E-state index in [2.05, 4.69) is 5.32 Å². The van der Waals surface area contributed by atoms with Gasteiger partial charge in [-0.3, -0.25) is 9.59 Å². The van der Waals surface area contributed by atoms with Gasteiger partial charge in [0, 0.05) is 19.3 Å². The van der Waals surface area contributed by atoms with E-state index in [9.17, 15) is 9.59 Å². The Hall–Kier alpha value is -1.27. The van der Waals surface area contributed by atoms with Gasteiger partial charge in [-0.25, -0.2) is 0 Å². The van der Waals surface area contributed by atoms with E-state index in [1.165, 1.54) is 10.6 Å². The molecule has 0 aliphatic heterocycles. The lowest BCUT2D eigenvalue weighted by Gasteiger charge is -2.11. The second-order valence-corrected chi connectivity index (χ2v) is 4.73. The van der Waals surface area contributed by atoms with Crippen molar-refractivity contribution >= 4 is 23.4 Å². The summed E-state index contributed by atoms with van der Waals surface area (Å²) in [6.07, 6.45) is 4.18. The van der Waals surface area contributed by atoms with Crippen LogP contribution in [-0.2, 0) is 11.8 Å². The van der Waals surface area contributed by atoms with Crippen molar-refractivity contribution in [2.24, 2.45) is 12.8 Å². The Kier molecular flexibility index (Phi) is 5.24. The van der Waals surface area contributed by atoms with Gasteiger partial charge in [0.2, 0.25) is 11.5 Å². The topological polar surface area (TPSA) is 77.1 Å². The van der Waals surface area contributed by atoms with Crippen LogP contribution in [0.3, 0.4) is 0 Å². The third-order valence-corrected chi connectivity index (χ3v) is 2.97. The monoisotopic (exact) mass is 255 g/mol. The summed E-state index contributed by atoms with van der Waals surface area (Å²) >= 11 is 1.65. The summed E-state index contributed by atoms with van der Waals surface area (Å²) in [5.41, 5.74) is 6.19. The lowest BCUT2D eigenvalue weighted by atomic mass is 10.2. The first-order valence-electron chi connectivity index (χ1n) is 5.26. The maximum absolute atomic E-state index is 11.7. The zero-order chi connectivity index (χ0) is 12.8. The van der Waals surface area contributed by atoms with E-state index in [1.807, 2.05) is 6.26 Å². The molecule has 1 heterocycles. The number of carbonyl (C=O) groups is 1. The smallest absolute Gasteiger partial charge is 0.250 e. The fourth-order valence-corrected chi connectivity index (χ4v) is 1.77. The van der Waals surface area contributed by atoms with E-state index in [-0.39, 0.29) is 11.5 Å². The molecule has 0 bridgehead atoms. The maximum Gasteiger partial charge on any atom is 0.250 e. The van der Waals surface area contributed by atoms with Crippen molar-refractivity contribution in [1.82, 2.24) is 4.57 Å². The van der Waals surface area contributed by atoms with Gasteiger partial charge in [-0.15, -0.1) is 0 Å². The number of rotatable bonds is 5. The highest BCUT2D eigenvalue weighted by Gasteiger charge is 2.12. The van der Waals surface area contributed by atoms with Gasteiger partial charge < -0.3 is 15.6 Å². The highest BCUT2D eigenvalue weighted by molar-refractivity contribution is 7.98. The third-order valence-electron chi connectivity index (χ3n) is 2.32. The number of nitrogens with zero attached hydrogens (tertiary/aromatic N) is 1. The average Bonchev–Trinajstić information content (AvgIpc) is 2.30. The summed E-state index contributed by atoms with van der Waals surface area (Å²) in [5.74, 6) is 0.625. The first-order chi connectivity index (χ1) is 8.04. The number of hydrogen-bond acceptors (Lipinski definition) is 4. The Morgan fingerprint density at radius 3 is 2.88 bits per heavy atom. The van der Waals surface area contributed by atoms with E-state index in [1.54, 1.807) is 31.1 Å². The molecular formula is C11H17N3O2S. The summed E-state index contributed by atoms with van der Waals surface area (Å²) in [4.78, 5) is 22.8. The highest BCUT2D eigenvalue weighted by Crippen LogP contribution is 2.05. The van der Waals surface area contributed by atoms with Gasteiger partial charge in [-0.2, -0.15) is 11.8 Å². The zero-order valence-electron chi connectivity index (χ0n) is 9.97. The number of carbonyl (C=O) groups excluding carboxylic acids is 1.